The largest absolute Gasteiger partial charge is 2.00 e. The number of hydrogen-bond acceptors (Lipinski definition) is 0. The molecule has 0 atom stereocenters. The van der Waals surface area contributed by atoms with Gasteiger partial charge in [-0.2, -0.15) is 0 Å². The van der Waals surface area contributed by atoms with Crippen LogP contribution in [0.3, 0.4) is 0 Å². The molecule has 0 saturated heterocycles. The van der Waals surface area contributed by atoms with Crippen LogP contribution < -0.4 is 0 Å². The molecule has 2 aromatic carbocycles. The van der Waals surface area contributed by atoms with Crippen LogP contribution in [0.15, 0.2) is 48.5 Å². The zero-order chi connectivity index (χ0) is 18.3. The van der Waals surface area contributed by atoms with Gasteiger partial charge >= 0.3 is 21.7 Å². The first-order valence-electron chi connectivity index (χ1n) is 9.21. The molecule has 10 radical (unpaired) electrons. The summed E-state index contributed by atoms with van der Waals surface area (Å²) in [6, 6.07) is 17.5. The van der Waals surface area contributed by atoms with Crippen molar-refractivity contribution in [1.82, 2.24) is 0 Å². The molecule has 0 unspecified atom stereocenters. The molecule has 0 nitrogen and oxygen atoms in total. The van der Waals surface area contributed by atoms with E-state index in [-0.39, 0.29) is 36.6 Å². The Morgan fingerprint density at radius 1 is 0.414 bits per heavy atom. The number of benzene rings is 2. The molecule has 0 amide bonds. The second kappa shape index (κ2) is 11.0. The summed E-state index contributed by atoms with van der Waals surface area (Å²) in [4.78, 5) is 0. The van der Waals surface area contributed by atoms with E-state index in [2.05, 4.69) is 102 Å². The second-order valence-electron chi connectivity index (χ2n) is 7.31. The molecule has 2 saturated carbocycles. The van der Waals surface area contributed by atoms with Gasteiger partial charge in [-0.3, -0.25) is 0 Å². The van der Waals surface area contributed by atoms with E-state index in [4.69, 9.17) is 0 Å². The van der Waals surface area contributed by atoms with Crippen LogP contribution >= 0.6 is 0 Å². The Balaban J connectivity index is 0.00000140. The van der Waals surface area contributed by atoms with Crippen molar-refractivity contribution in [2.45, 2.75) is 27.7 Å². The Morgan fingerprint density at radius 2 is 0.655 bits per heavy atom. The predicted octanol–water partition coefficient (Wildman–Crippen LogP) is 7.32. The second-order valence-corrected chi connectivity index (χ2v) is 7.31. The van der Waals surface area contributed by atoms with E-state index < -0.39 is 0 Å². The summed E-state index contributed by atoms with van der Waals surface area (Å²) in [6.45, 7) is 8.74. The SMILES string of the molecule is C[C]1[CH][C](c2ccccc2-c2ccccc2[C]2[CH][C](C)[C](C)[CH]2)[CH][C]1C.[CH3-].[CH3-].[Ti+2]. The van der Waals surface area contributed by atoms with Crippen molar-refractivity contribution in [2.75, 3.05) is 0 Å². The van der Waals surface area contributed by atoms with E-state index in [0.29, 0.717) is 0 Å². The molecule has 29 heavy (non-hydrogen) atoms. The third kappa shape index (κ3) is 5.26. The van der Waals surface area contributed by atoms with E-state index in [1.807, 2.05) is 0 Å². The molecular weight excluding hydrogens is 384 g/mol. The molecular formula is C28H30Ti. The summed E-state index contributed by atoms with van der Waals surface area (Å²) < 4.78 is 0. The summed E-state index contributed by atoms with van der Waals surface area (Å²) in [5.41, 5.74) is 5.20. The minimum atomic E-state index is 0. The third-order valence-electron chi connectivity index (χ3n) is 5.50. The molecule has 0 spiro atoms. The van der Waals surface area contributed by atoms with Crippen molar-refractivity contribution < 1.29 is 21.7 Å². The molecule has 0 heterocycles. The standard InChI is InChI=1S/C26H24.2CH3.Ti/c1-17-13-21(14-18(17)2)23-9-5-7-11-25(23)26-12-8-6-10-24(26)22-15-19(3)20(4)16-22;;;/h5-16H,1-4H3;2*1H3;/q;2*-1;+2. The zero-order valence-electron chi connectivity index (χ0n) is 18.4. The van der Waals surface area contributed by atoms with Gasteiger partial charge in [0.2, 0.25) is 0 Å². The monoisotopic (exact) mass is 414 g/mol. The van der Waals surface area contributed by atoms with Crippen LogP contribution in [0.1, 0.15) is 38.8 Å². The first kappa shape index (κ1) is 26.2. The fourth-order valence-electron chi connectivity index (χ4n) is 3.72. The van der Waals surface area contributed by atoms with Gasteiger partial charge in [-0.05, 0) is 71.6 Å². The van der Waals surface area contributed by atoms with Crippen LogP contribution in [0.4, 0.5) is 0 Å². The zero-order valence-corrected chi connectivity index (χ0v) is 20.0. The van der Waals surface area contributed by atoms with Gasteiger partial charge in [-0.25, -0.2) is 0 Å². The topological polar surface area (TPSA) is 0 Å². The van der Waals surface area contributed by atoms with Crippen molar-refractivity contribution in [2.24, 2.45) is 0 Å². The van der Waals surface area contributed by atoms with Crippen LogP contribution in [-0.4, -0.2) is 0 Å². The van der Waals surface area contributed by atoms with E-state index in [0.717, 1.165) is 0 Å². The van der Waals surface area contributed by atoms with Gasteiger partial charge in [0.05, 0.1) is 0 Å². The van der Waals surface area contributed by atoms with Crippen LogP contribution in [0, 0.1) is 76.0 Å². The van der Waals surface area contributed by atoms with Crippen molar-refractivity contribution in [3.63, 3.8) is 0 Å². The van der Waals surface area contributed by atoms with Crippen LogP contribution in [0.5, 0.6) is 0 Å². The molecule has 4 rings (SSSR count). The van der Waals surface area contributed by atoms with Gasteiger partial charge in [0.15, 0.2) is 0 Å². The third-order valence-corrected chi connectivity index (χ3v) is 5.50. The quantitative estimate of drug-likeness (QED) is 0.365. The minimum Gasteiger partial charge on any atom is -0.358 e. The Morgan fingerprint density at radius 3 is 0.931 bits per heavy atom. The Hall–Kier alpha value is -0.846. The fourth-order valence-corrected chi connectivity index (χ4v) is 3.72. The predicted molar refractivity (Wildman–Crippen MR) is 122 cm³/mol. The average Bonchev–Trinajstić information content (AvgIpc) is 3.17. The molecule has 0 N–H and O–H groups in total. The van der Waals surface area contributed by atoms with Gasteiger partial charge in [0, 0.05) is 11.8 Å². The summed E-state index contributed by atoms with van der Waals surface area (Å²) in [6.07, 6.45) is 9.20. The van der Waals surface area contributed by atoms with E-state index in [1.54, 1.807) is 0 Å². The Labute approximate surface area is 195 Å². The van der Waals surface area contributed by atoms with Gasteiger partial charge in [0.25, 0.3) is 0 Å². The average molecular weight is 414 g/mol. The van der Waals surface area contributed by atoms with Gasteiger partial charge in [-0.15, -0.1) is 0 Å². The van der Waals surface area contributed by atoms with E-state index in [1.165, 1.54) is 57.8 Å². The maximum absolute atomic E-state index is 2.30. The summed E-state index contributed by atoms with van der Waals surface area (Å²) in [5.74, 6) is 8.02. The Bertz CT molecular complexity index is 679. The fraction of sp³-hybridized carbons (Fsp3) is 0.143. The molecule has 2 fully saturated rings. The first-order chi connectivity index (χ1) is 12.5. The Kier molecular flexibility index (Phi) is 9.90. The normalized spacial score (nSPS) is 19.6. The van der Waals surface area contributed by atoms with Crippen molar-refractivity contribution >= 4 is 0 Å². The van der Waals surface area contributed by atoms with Crippen LogP contribution in [0.25, 0.3) is 11.1 Å². The molecule has 146 valence electrons. The van der Waals surface area contributed by atoms with Crippen LogP contribution in [-0.2, 0) is 21.7 Å². The molecule has 0 aliphatic heterocycles. The molecule has 2 aromatic rings. The molecule has 2 aliphatic carbocycles. The summed E-state index contributed by atoms with van der Waals surface area (Å²) >= 11 is 0. The summed E-state index contributed by atoms with van der Waals surface area (Å²) in [5, 5.41) is 0. The van der Waals surface area contributed by atoms with Gasteiger partial charge in [0.1, 0.15) is 0 Å². The first-order valence-corrected chi connectivity index (χ1v) is 9.21. The van der Waals surface area contributed by atoms with Crippen molar-refractivity contribution in [1.29, 1.82) is 0 Å². The van der Waals surface area contributed by atoms with E-state index >= 15 is 0 Å². The molecule has 1 heteroatoms. The number of rotatable bonds is 3. The van der Waals surface area contributed by atoms with Crippen LogP contribution in [0.2, 0.25) is 0 Å². The maximum Gasteiger partial charge on any atom is 2.00 e. The van der Waals surface area contributed by atoms with E-state index in [9.17, 15) is 0 Å². The van der Waals surface area contributed by atoms with Gasteiger partial charge in [-0.1, -0.05) is 76.2 Å². The number of hydrogen-bond donors (Lipinski definition) is 0. The molecule has 0 bridgehead atoms. The minimum absolute atomic E-state index is 0. The summed E-state index contributed by atoms with van der Waals surface area (Å²) in [7, 11) is 0. The van der Waals surface area contributed by atoms with Crippen molar-refractivity contribution in [3.05, 3.63) is 136 Å². The molecule has 2 aliphatic rings. The van der Waals surface area contributed by atoms with Gasteiger partial charge < -0.3 is 14.9 Å². The molecule has 0 aromatic heterocycles. The van der Waals surface area contributed by atoms with Crippen molar-refractivity contribution in [3.8, 4) is 11.1 Å². The smallest absolute Gasteiger partial charge is 0.358 e. The maximum atomic E-state index is 2.30.